The Kier molecular flexibility index (Phi) is 4.85. The van der Waals surface area contributed by atoms with Crippen LogP contribution in [0.2, 0.25) is 0 Å². The molecule has 4 nitrogen and oxygen atoms in total. The Morgan fingerprint density at radius 1 is 1.04 bits per heavy atom. The Balaban J connectivity index is 1.90. The van der Waals surface area contributed by atoms with E-state index in [0.717, 1.165) is 11.1 Å². The van der Waals surface area contributed by atoms with E-state index < -0.39 is 5.97 Å². The maximum atomic E-state index is 13.0. The van der Waals surface area contributed by atoms with Gasteiger partial charge in [0.2, 0.25) is 0 Å². The van der Waals surface area contributed by atoms with Gasteiger partial charge in [0.25, 0.3) is 0 Å². The molecule has 0 spiro atoms. The number of hydrogen-bond donors (Lipinski definition) is 2. The predicted octanol–water partition coefficient (Wildman–Crippen LogP) is 4.83. The van der Waals surface area contributed by atoms with E-state index in [2.05, 4.69) is 10.3 Å². The lowest BCUT2D eigenvalue weighted by molar-refractivity contribution is 0.0698. The number of nitrogens with zero attached hydrogens (tertiary/aromatic N) is 1. The standard InChI is InChI=1S/C20H15FN2O2/c21-16-6-8-17(9-7-16)23-19-12-14(5-10-18(19)20(24)25)3-4-15-2-1-11-22-13-15/h1-13,23H,(H,24,25). The van der Waals surface area contributed by atoms with E-state index in [1.807, 2.05) is 24.3 Å². The summed E-state index contributed by atoms with van der Waals surface area (Å²) in [7, 11) is 0. The van der Waals surface area contributed by atoms with Gasteiger partial charge in [-0.15, -0.1) is 0 Å². The second kappa shape index (κ2) is 7.40. The molecule has 0 atom stereocenters. The zero-order valence-electron chi connectivity index (χ0n) is 13.2. The molecule has 0 aliphatic rings. The van der Waals surface area contributed by atoms with Crippen LogP contribution >= 0.6 is 0 Å². The zero-order chi connectivity index (χ0) is 17.6. The van der Waals surface area contributed by atoms with Crippen LogP contribution in [0.25, 0.3) is 12.2 Å². The van der Waals surface area contributed by atoms with Crippen molar-refractivity contribution < 1.29 is 14.3 Å². The topological polar surface area (TPSA) is 62.2 Å². The minimum Gasteiger partial charge on any atom is -0.478 e. The average Bonchev–Trinajstić information content (AvgIpc) is 2.63. The van der Waals surface area contributed by atoms with Gasteiger partial charge < -0.3 is 10.4 Å². The van der Waals surface area contributed by atoms with Gasteiger partial charge in [-0.05, 0) is 53.6 Å². The molecule has 5 heteroatoms. The molecule has 3 rings (SSSR count). The average molecular weight is 334 g/mol. The van der Waals surface area contributed by atoms with Gasteiger partial charge in [0.1, 0.15) is 5.82 Å². The molecule has 0 saturated heterocycles. The number of nitrogens with one attached hydrogen (secondary N) is 1. The Hall–Kier alpha value is -3.47. The number of carboxylic acid groups (broad SMARTS) is 1. The highest BCUT2D eigenvalue weighted by atomic mass is 19.1. The van der Waals surface area contributed by atoms with E-state index in [0.29, 0.717) is 11.4 Å². The third-order valence-electron chi connectivity index (χ3n) is 3.55. The monoisotopic (exact) mass is 334 g/mol. The Morgan fingerprint density at radius 2 is 1.80 bits per heavy atom. The first-order valence-electron chi connectivity index (χ1n) is 7.60. The molecular formula is C20H15FN2O2. The van der Waals surface area contributed by atoms with E-state index in [-0.39, 0.29) is 11.4 Å². The molecule has 124 valence electrons. The van der Waals surface area contributed by atoms with Crippen molar-refractivity contribution in [3.63, 3.8) is 0 Å². The first-order valence-corrected chi connectivity index (χ1v) is 7.60. The maximum absolute atomic E-state index is 13.0. The lowest BCUT2D eigenvalue weighted by Gasteiger charge is -2.11. The SMILES string of the molecule is O=C(O)c1ccc(C=Cc2cccnc2)cc1Nc1ccc(F)cc1. The van der Waals surface area contributed by atoms with E-state index in [1.54, 1.807) is 36.7 Å². The Labute approximate surface area is 144 Å². The van der Waals surface area contributed by atoms with Gasteiger partial charge in [-0.1, -0.05) is 24.3 Å². The van der Waals surface area contributed by atoms with Crippen LogP contribution in [0, 0.1) is 5.82 Å². The van der Waals surface area contributed by atoms with Gasteiger partial charge in [-0.3, -0.25) is 4.98 Å². The summed E-state index contributed by atoms with van der Waals surface area (Å²) in [6.07, 6.45) is 7.20. The fraction of sp³-hybridized carbons (Fsp3) is 0. The van der Waals surface area contributed by atoms with Crippen molar-refractivity contribution in [2.75, 3.05) is 5.32 Å². The largest absolute Gasteiger partial charge is 0.478 e. The second-order valence-corrected chi connectivity index (χ2v) is 5.36. The smallest absolute Gasteiger partial charge is 0.337 e. The zero-order valence-corrected chi connectivity index (χ0v) is 13.2. The number of carboxylic acids is 1. The molecular weight excluding hydrogens is 319 g/mol. The predicted molar refractivity (Wildman–Crippen MR) is 96.2 cm³/mol. The number of carbonyl (C=O) groups is 1. The minimum absolute atomic E-state index is 0.142. The highest BCUT2D eigenvalue weighted by Crippen LogP contribution is 2.24. The van der Waals surface area contributed by atoms with Gasteiger partial charge >= 0.3 is 5.97 Å². The summed E-state index contributed by atoms with van der Waals surface area (Å²) in [5, 5.41) is 12.4. The number of hydrogen-bond acceptors (Lipinski definition) is 3. The first-order chi connectivity index (χ1) is 12.1. The summed E-state index contributed by atoms with van der Waals surface area (Å²) in [6, 6.07) is 14.5. The highest BCUT2D eigenvalue weighted by molar-refractivity contribution is 5.96. The van der Waals surface area contributed by atoms with Crippen LogP contribution in [0.5, 0.6) is 0 Å². The number of pyridine rings is 1. The van der Waals surface area contributed by atoms with Crippen LogP contribution in [-0.2, 0) is 0 Å². The number of aromatic carboxylic acids is 1. The fourth-order valence-electron chi connectivity index (χ4n) is 2.31. The molecule has 0 bridgehead atoms. The molecule has 1 heterocycles. The molecule has 3 aromatic rings. The van der Waals surface area contributed by atoms with Crippen LogP contribution in [0.1, 0.15) is 21.5 Å². The quantitative estimate of drug-likeness (QED) is 0.701. The Morgan fingerprint density at radius 3 is 2.48 bits per heavy atom. The third-order valence-corrected chi connectivity index (χ3v) is 3.55. The van der Waals surface area contributed by atoms with E-state index >= 15 is 0 Å². The third kappa shape index (κ3) is 4.29. The van der Waals surface area contributed by atoms with Crippen LogP contribution in [0.3, 0.4) is 0 Å². The van der Waals surface area contributed by atoms with E-state index in [9.17, 15) is 14.3 Å². The summed E-state index contributed by atoms with van der Waals surface area (Å²) in [5.74, 6) is -1.38. The molecule has 0 radical (unpaired) electrons. The molecule has 25 heavy (non-hydrogen) atoms. The molecule has 0 unspecified atom stereocenters. The van der Waals surface area contributed by atoms with Crippen molar-refractivity contribution in [2.45, 2.75) is 0 Å². The lowest BCUT2D eigenvalue weighted by Crippen LogP contribution is -2.03. The molecule has 1 aromatic heterocycles. The molecule has 2 N–H and O–H groups in total. The molecule has 0 aliphatic carbocycles. The summed E-state index contributed by atoms with van der Waals surface area (Å²) in [5.41, 5.74) is 2.96. The van der Waals surface area contributed by atoms with E-state index in [1.165, 1.54) is 18.2 Å². The minimum atomic E-state index is -1.03. The van der Waals surface area contributed by atoms with Crippen LogP contribution in [0.4, 0.5) is 15.8 Å². The number of halogens is 1. The van der Waals surface area contributed by atoms with Gasteiger partial charge in [0.15, 0.2) is 0 Å². The van der Waals surface area contributed by atoms with Crippen LogP contribution < -0.4 is 5.32 Å². The van der Waals surface area contributed by atoms with Crippen molar-refractivity contribution in [2.24, 2.45) is 0 Å². The summed E-state index contributed by atoms with van der Waals surface area (Å²) >= 11 is 0. The lowest BCUT2D eigenvalue weighted by atomic mass is 10.1. The number of benzene rings is 2. The van der Waals surface area contributed by atoms with Gasteiger partial charge in [0.05, 0.1) is 11.3 Å². The molecule has 0 fully saturated rings. The van der Waals surface area contributed by atoms with Crippen molar-refractivity contribution in [1.82, 2.24) is 4.98 Å². The van der Waals surface area contributed by atoms with Crippen molar-refractivity contribution in [1.29, 1.82) is 0 Å². The maximum Gasteiger partial charge on any atom is 0.337 e. The Bertz CT molecular complexity index is 907. The number of anilines is 2. The van der Waals surface area contributed by atoms with Gasteiger partial charge in [-0.2, -0.15) is 0 Å². The summed E-state index contributed by atoms with van der Waals surface area (Å²) < 4.78 is 13.0. The molecule has 2 aromatic carbocycles. The summed E-state index contributed by atoms with van der Waals surface area (Å²) in [6.45, 7) is 0. The highest BCUT2D eigenvalue weighted by Gasteiger charge is 2.10. The second-order valence-electron chi connectivity index (χ2n) is 5.36. The molecule has 0 aliphatic heterocycles. The van der Waals surface area contributed by atoms with Crippen LogP contribution in [-0.4, -0.2) is 16.1 Å². The van der Waals surface area contributed by atoms with Crippen molar-refractivity contribution in [3.8, 4) is 0 Å². The summed E-state index contributed by atoms with van der Waals surface area (Å²) in [4.78, 5) is 15.5. The number of aromatic nitrogens is 1. The number of rotatable bonds is 5. The van der Waals surface area contributed by atoms with Crippen molar-refractivity contribution in [3.05, 3.63) is 89.5 Å². The van der Waals surface area contributed by atoms with Crippen molar-refractivity contribution >= 4 is 29.5 Å². The fourth-order valence-corrected chi connectivity index (χ4v) is 2.31. The van der Waals surface area contributed by atoms with E-state index in [4.69, 9.17) is 0 Å². The normalized spacial score (nSPS) is 10.8. The molecule has 0 saturated carbocycles. The van der Waals surface area contributed by atoms with Gasteiger partial charge in [0, 0.05) is 18.1 Å². The molecule has 0 amide bonds. The first kappa shape index (κ1) is 16.4. The van der Waals surface area contributed by atoms with Crippen LogP contribution in [0.15, 0.2) is 67.0 Å². The van der Waals surface area contributed by atoms with Gasteiger partial charge in [-0.25, -0.2) is 9.18 Å².